The molecule has 0 aromatic carbocycles. The number of carbonyl (C=O) groups excluding carboxylic acids is 1. The summed E-state index contributed by atoms with van der Waals surface area (Å²) in [7, 11) is 0. The summed E-state index contributed by atoms with van der Waals surface area (Å²) in [6.45, 7) is 5.27. The zero-order chi connectivity index (χ0) is 18.1. The maximum atomic E-state index is 12.7. The highest BCUT2D eigenvalue weighted by atomic mass is 16.5. The Hall–Kier alpha value is -3.03. The van der Waals surface area contributed by atoms with Gasteiger partial charge >= 0.3 is 0 Å². The topological polar surface area (TPSA) is 97.0 Å². The van der Waals surface area contributed by atoms with Crippen molar-refractivity contribution in [2.45, 2.75) is 26.7 Å². The highest BCUT2D eigenvalue weighted by Crippen LogP contribution is 2.29. The van der Waals surface area contributed by atoms with E-state index >= 15 is 0 Å². The molecule has 8 heteroatoms. The number of aromatic nitrogens is 4. The number of hydrogen-bond donors (Lipinski definition) is 1. The largest absolute Gasteiger partial charge is 0.355 e. The Morgan fingerprint density at radius 3 is 3.04 bits per heavy atom. The number of anilines is 2. The number of pyridine rings is 1. The van der Waals surface area contributed by atoms with Crippen molar-refractivity contribution in [3.05, 3.63) is 35.9 Å². The Labute approximate surface area is 150 Å². The second-order valence-electron chi connectivity index (χ2n) is 6.64. The second kappa shape index (κ2) is 6.70. The van der Waals surface area contributed by atoms with Crippen LogP contribution in [0.5, 0.6) is 0 Å². The lowest BCUT2D eigenvalue weighted by Gasteiger charge is -2.32. The number of amides is 1. The number of aryl methyl sites for hydroxylation is 2. The van der Waals surface area contributed by atoms with Crippen molar-refractivity contribution in [1.82, 2.24) is 20.1 Å². The molecule has 1 aliphatic rings. The van der Waals surface area contributed by atoms with Crippen LogP contribution in [0.2, 0.25) is 0 Å². The monoisotopic (exact) mass is 352 g/mol. The van der Waals surface area contributed by atoms with Gasteiger partial charge in [0.2, 0.25) is 5.91 Å². The molecule has 134 valence electrons. The molecule has 3 aromatic rings. The van der Waals surface area contributed by atoms with E-state index in [0.29, 0.717) is 18.1 Å². The number of rotatable bonds is 3. The summed E-state index contributed by atoms with van der Waals surface area (Å²) < 4.78 is 5.23. The van der Waals surface area contributed by atoms with Crippen LogP contribution in [-0.4, -0.2) is 39.1 Å². The van der Waals surface area contributed by atoms with Gasteiger partial charge < -0.3 is 14.7 Å². The first-order chi connectivity index (χ1) is 12.6. The van der Waals surface area contributed by atoms with Gasteiger partial charge in [0.1, 0.15) is 23.3 Å². The van der Waals surface area contributed by atoms with Crippen LogP contribution in [0.25, 0.3) is 11.1 Å². The maximum absolute atomic E-state index is 12.7. The molecule has 1 fully saturated rings. The minimum atomic E-state index is -0.128. The van der Waals surface area contributed by atoms with E-state index in [9.17, 15) is 4.79 Å². The summed E-state index contributed by atoms with van der Waals surface area (Å²) in [5, 5.41) is 7.72. The first-order valence-electron chi connectivity index (χ1n) is 8.67. The summed E-state index contributed by atoms with van der Waals surface area (Å²) >= 11 is 0. The van der Waals surface area contributed by atoms with Crippen molar-refractivity contribution in [3.8, 4) is 0 Å². The maximum Gasteiger partial charge on any atom is 0.263 e. The van der Waals surface area contributed by atoms with Crippen molar-refractivity contribution in [2.24, 2.45) is 5.92 Å². The molecule has 0 aliphatic carbocycles. The smallest absolute Gasteiger partial charge is 0.263 e. The number of carbonyl (C=O) groups is 1. The third kappa shape index (κ3) is 3.10. The van der Waals surface area contributed by atoms with E-state index in [2.05, 4.69) is 30.3 Å². The summed E-state index contributed by atoms with van der Waals surface area (Å²) in [5.74, 6) is 1.22. The van der Waals surface area contributed by atoms with E-state index in [1.165, 1.54) is 6.33 Å². The van der Waals surface area contributed by atoms with Crippen molar-refractivity contribution < 1.29 is 9.32 Å². The van der Waals surface area contributed by atoms with Gasteiger partial charge in [-0.2, -0.15) is 4.98 Å². The third-order valence-corrected chi connectivity index (χ3v) is 4.68. The predicted octanol–water partition coefficient (Wildman–Crippen LogP) is 2.48. The van der Waals surface area contributed by atoms with Gasteiger partial charge in [-0.05, 0) is 44.4 Å². The standard InChI is InChI=1S/C18H20N6O2/c1-11-5-6-19-14(8-11)22-17(25)13-4-3-7-24(9-13)16-15-12(2)23-26-18(15)21-10-20-16/h5-6,8,10,13H,3-4,7,9H2,1-2H3,(H,19,22,25). The molecule has 1 aliphatic heterocycles. The fraction of sp³-hybridized carbons (Fsp3) is 0.389. The van der Waals surface area contributed by atoms with Gasteiger partial charge in [-0.1, -0.05) is 5.16 Å². The van der Waals surface area contributed by atoms with Gasteiger partial charge in [-0.15, -0.1) is 0 Å². The van der Waals surface area contributed by atoms with Crippen molar-refractivity contribution in [3.63, 3.8) is 0 Å². The second-order valence-corrected chi connectivity index (χ2v) is 6.64. The van der Waals surface area contributed by atoms with E-state index in [1.54, 1.807) is 6.20 Å². The average Bonchev–Trinajstić information content (AvgIpc) is 3.03. The van der Waals surface area contributed by atoms with Crippen LogP contribution in [0.4, 0.5) is 11.6 Å². The molecule has 1 unspecified atom stereocenters. The summed E-state index contributed by atoms with van der Waals surface area (Å²) in [6, 6.07) is 3.77. The Morgan fingerprint density at radius 1 is 1.31 bits per heavy atom. The molecular formula is C18H20N6O2. The Kier molecular flexibility index (Phi) is 4.24. The minimum absolute atomic E-state index is 0.0138. The molecule has 1 atom stereocenters. The van der Waals surface area contributed by atoms with Gasteiger partial charge in [-0.25, -0.2) is 9.97 Å². The van der Waals surface area contributed by atoms with Crippen LogP contribution >= 0.6 is 0 Å². The highest BCUT2D eigenvalue weighted by Gasteiger charge is 2.28. The highest BCUT2D eigenvalue weighted by molar-refractivity contribution is 5.93. The molecule has 1 amide bonds. The molecule has 0 spiro atoms. The van der Waals surface area contributed by atoms with Crippen LogP contribution in [0.3, 0.4) is 0 Å². The van der Waals surface area contributed by atoms with Crippen molar-refractivity contribution in [2.75, 3.05) is 23.3 Å². The number of nitrogens with zero attached hydrogens (tertiary/aromatic N) is 5. The average molecular weight is 352 g/mol. The van der Waals surface area contributed by atoms with Gasteiger partial charge in [0, 0.05) is 19.3 Å². The Morgan fingerprint density at radius 2 is 2.19 bits per heavy atom. The lowest BCUT2D eigenvalue weighted by Crippen LogP contribution is -2.41. The molecule has 0 saturated carbocycles. The Balaban J connectivity index is 1.53. The number of nitrogens with one attached hydrogen (secondary N) is 1. The van der Waals surface area contributed by atoms with Crippen LogP contribution in [0.1, 0.15) is 24.1 Å². The van der Waals surface area contributed by atoms with Crippen molar-refractivity contribution >= 4 is 28.6 Å². The first-order valence-corrected chi connectivity index (χ1v) is 8.67. The van der Waals surface area contributed by atoms with E-state index in [0.717, 1.165) is 41.8 Å². The molecule has 0 bridgehead atoms. The van der Waals surface area contributed by atoms with E-state index in [1.807, 2.05) is 26.0 Å². The van der Waals surface area contributed by atoms with Crippen molar-refractivity contribution in [1.29, 1.82) is 0 Å². The number of fused-ring (bicyclic) bond motifs is 1. The lowest BCUT2D eigenvalue weighted by atomic mass is 9.97. The molecule has 4 rings (SSSR count). The van der Waals surface area contributed by atoms with Crippen LogP contribution < -0.4 is 10.2 Å². The molecule has 3 aromatic heterocycles. The fourth-order valence-electron chi connectivity index (χ4n) is 3.36. The number of hydrogen-bond acceptors (Lipinski definition) is 7. The Bertz CT molecular complexity index is 954. The fourth-order valence-corrected chi connectivity index (χ4v) is 3.36. The van der Waals surface area contributed by atoms with Gasteiger partial charge in [-0.3, -0.25) is 4.79 Å². The lowest BCUT2D eigenvalue weighted by molar-refractivity contribution is -0.120. The van der Waals surface area contributed by atoms with Gasteiger partial charge in [0.25, 0.3) is 5.71 Å². The quantitative estimate of drug-likeness (QED) is 0.773. The predicted molar refractivity (Wildman–Crippen MR) is 96.9 cm³/mol. The molecule has 1 N–H and O–H groups in total. The van der Waals surface area contributed by atoms with Crippen LogP contribution in [-0.2, 0) is 4.79 Å². The zero-order valence-electron chi connectivity index (χ0n) is 14.8. The molecule has 4 heterocycles. The number of piperidine rings is 1. The van der Waals surface area contributed by atoms with E-state index in [4.69, 9.17) is 4.52 Å². The summed E-state index contributed by atoms with van der Waals surface area (Å²) in [4.78, 5) is 27.6. The normalized spacial score (nSPS) is 17.5. The summed E-state index contributed by atoms with van der Waals surface area (Å²) in [6.07, 6.45) is 4.92. The molecule has 26 heavy (non-hydrogen) atoms. The van der Waals surface area contributed by atoms with Gasteiger partial charge in [0.05, 0.1) is 11.6 Å². The van der Waals surface area contributed by atoms with E-state index < -0.39 is 0 Å². The zero-order valence-corrected chi connectivity index (χ0v) is 14.8. The van der Waals surface area contributed by atoms with Crippen LogP contribution in [0, 0.1) is 19.8 Å². The SMILES string of the molecule is Cc1ccnc(NC(=O)C2CCCN(c3ncnc4onc(C)c34)C2)c1. The van der Waals surface area contributed by atoms with Gasteiger partial charge in [0.15, 0.2) is 0 Å². The van der Waals surface area contributed by atoms with E-state index in [-0.39, 0.29) is 11.8 Å². The molecular weight excluding hydrogens is 332 g/mol. The molecule has 0 radical (unpaired) electrons. The minimum Gasteiger partial charge on any atom is -0.355 e. The molecule has 8 nitrogen and oxygen atoms in total. The third-order valence-electron chi connectivity index (χ3n) is 4.68. The first kappa shape index (κ1) is 16.4. The van der Waals surface area contributed by atoms with Crippen LogP contribution in [0.15, 0.2) is 29.2 Å². The summed E-state index contributed by atoms with van der Waals surface area (Å²) in [5.41, 5.74) is 2.29. The molecule has 1 saturated heterocycles.